The summed E-state index contributed by atoms with van der Waals surface area (Å²) in [5.41, 5.74) is 2.52. The van der Waals surface area contributed by atoms with Gasteiger partial charge in [-0.05, 0) is 50.7 Å². The van der Waals surface area contributed by atoms with Gasteiger partial charge >= 0.3 is 0 Å². The van der Waals surface area contributed by atoms with Crippen LogP contribution in [0.4, 0.5) is 0 Å². The van der Waals surface area contributed by atoms with E-state index in [0.717, 1.165) is 17.1 Å². The minimum atomic E-state index is -0.946. The maximum atomic E-state index is 10.6. The molecule has 0 aromatic heterocycles. The molecule has 0 spiro atoms. The summed E-state index contributed by atoms with van der Waals surface area (Å²) in [6.07, 6.45) is 3.36. The second-order valence-corrected chi connectivity index (χ2v) is 7.08. The van der Waals surface area contributed by atoms with Crippen LogP contribution in [-0.4, -0.2) is 31.2 Å². The molecule has 1 unspecified atom stereocenters. The quantitative estimate of drug-likeness (QED) is 0.811. The molecular formula is C17H22O4. The molecule has 2 fully saturated rings. The zero-order valence-corrected chi connectivity index (χ0v) is 13.0. The highest BCUT2D eigenvalue weighted by atomic mass is 16.7. The second kappa shape index (κ2) is 3.93. The van der Waals surface area contributed by atoms with Gasteiger partial charge in [0.25, 0.3) is 0 Å². The van der Waals surface area contributed by atoms with E-state index >= 15 is 0 Å². The molecule has 0 radical (unpaired) electrons. The van der Waals surface area contributed by atoms with Crippen molar-refractivity contribution in [1.82, 2.24) is 0 Å². The van der Waals surface area contributed by atoms with Gasteiger partial charge in [-0.3, -0.25) is 0 Å². The molecule has 4 heteroatoms. The molecular weight excluding hydrogens is 268 g/mol. The smallest absolute Gasteiger partial charge is 0.188 e. The van der Waals surface area contributed by atoms with Crippen molar-refractivity contribution in [3.63, 3.8) is 0 Å². The molecule has 0 aromatic rings. The number of hydrogen-bond acceptors (Lipinski definition) is 4. The molecule has 4 aliphatic rings. The van der Waals surface area contributed by atoms with Crippen molar-refractivity contribution >= 4 is 0 Å². The third-order valence-electron chi connectivity index (χ3n) is 5.68. The van der Waals surface area contributed by atoms with E-state index in [0.29, 0.717) is 11.8 Å². The van der Waals surface area contributed by atoms with Gasteiger partial charge in [-0.2, -0.15) is 0 Å². The molecule has 4 rings (SSSR count). The van der Waals surface area contributed by atoms with Crippen LogP contribution in [0.25, 0.3) is 0 Å². The Balaban J connectivity index is 1.90. The van der Waals surface area contributed by atoms with E-state index in [4.69, 9.17) is 14.2 Å². The van der Waals surface area contributed by atoms with E-state index in [-0.39, 0.29) is 18.8 Å². The number of rotatable bonds is 3. The first-order valence-corrected chi connectivity index (χ1v) is 7.56. The van der Waals surface area contributed by atoms with Crippen molar-refractivity contribution in [3.8, 4) is 0 Å². The fourth-order valence-electron chi connectivity index (χ4n) is 4.41. The Morgan fingerprint density at radius 2 is 2.19 bits per heavy atom. The van der Waals surface area contributed by atoms with Gasteiger partial charge in [-0.1, -0.05) is 5.57 Å². The zero-order valence-electron chi connectivity index (χ0n) is 13.0. The molecule has 114 valence electrons. The van der Waals surface area contributed by atoms with Gasteiger partial charge in [0.05, 0.1) is 5.41 Å². The summed E-state index contributed by atoms with van der Waals surface area (Å²) in [6, 6.07) is 0. The third kappa shape index (κ3) is 1.52. The molecule has 1 saturated heterocycles. The fourth-order valence-corrected chi connectivity index (χ4v) is 4.41. The molecule has 4 atom stereocenters. The van der Waals surface area contributed by atoms with Crippen LogP contribution in [0.3, 0.4) is 0 Å². The molecule has 0 aromatic carbocycles. The average Bonchev–Trinajstić information content (AvgIpc) is 3.13. The highest BCUT2D eigenvalue weighted by Gasteiger charge is 2.64. The lowest BCUT2D eigenvalue weighted by molar-refractivity contribution is -0.0216. The number of hydrogen-bond donors (Lipinski definition) is 1. The van der Waals surface area contributed by atoms with E-state index in [1.165, 1.54) is 17.6 Å². The Morgan fingerprint density at radius 1 is 1.43 bits per heavy atom. The normalized spacial score (nSPS) is 43.2. The first-order chi connectivity index (χ1) is 9.91. The summed E-state index contributed by atoms with van der Waals surface area (Å²) in [7, 11) is 1.62. The number of fused-ring (bicyclic) bond motifs is 4. The van der Waals surface area contributed by atoms with Crippen molar-refractivity contribution in [3.05, 3.63) is 34.3 Å². The summed E-state index contributed by atoms with van der Waals surface area (Å²) in [6.45, 7) is 6.74. The van der Waals surface area contributed by atoms with Gasteiger partial charge in [0, 0.05) is 12.7 Å². The molecule has 4 nitrogen and oxygen atoms in total. The van der Waals surface area contributed by atoms with Crippen molar-refractivity contribution in [2.75, 3.05) is 20.5 Å². The Labute approximate surface area is 125 Å². The Morgan fingerprint density at radius 3 is 2.90 bits per heavy atom. The van der Waals surface area contributed by atoms with Crippen LogP contribution in [0.2, 0.25) is 0 Å². The predicted octanol–water partition coefficient (Wildman–Crippen LogP) is 2.51. The van der Waals surface area contributed by atoms with E-state index in [2.05, 4.69) is 19.9 Å². The van der Waals surface area contributed by atoms with Gasteiger partial charge in [-0.25, -0.2) is 0 Å². The van der Waals surface area contributed by atoms with Crippen LogP contribution < -0.4 is 0 Å². The molecule has 21 heavy (non-hydrogen) atoms. The van der Waals surface area contributed by atoms with Crippen LogP contribution in [0.15, 0.2) is 34.3 Å². The summed E-state index contributed by atoms with van der Waals surface area (Å²) < 4.78 is 16.9. The van der Waals surface area contributed by atoms with E-state index in [1.54, 1.807) is 14.0 Å². The lowest BCUT2D eigenvalue weighted by Gasteiger charge is -2.36. The average molecular weight is 290 g/mol. The van der Waals surface area contributed by atoms with Crippen molar-refractivity contribution < 1.29 is 19.3 Å². The van der Waals surface area contributed by atoms with Crippen LogP contribution in [0.1, 0.15) is 27.2 Å². The molecule has 1 aliphatic heterocycles. The molecule has 1 heterocycles. The highest BCUT2D eigenvalue weighted by molar-refractivity contribution is 5.59. The highest BCUT2D eigenvalue weighted by Crippen LogP contribution is 2.70. The van der Waals surface area contributed by atoms with Crippen LogP contribution in [0.5, 0.6) is 0 Å². The molecule has 1 saturated carbocycles. The first kappa shape index (κ1) is 13.4. The largest absolute Gasteiger partial charge is 0.486 e. The van der Waals surface area contributed by atoms with Crippen LogP contribution in [-0.2, 0) is 14.2 Å². The van der Waals surface area contributed by atoms with Crippen LogP contribution in [0, 0.1) is 17.3 Å². The standard InChI is InChI=1S/C17H22O4/c1-9-10-5-12(10)17(3)11(9)6-13-14(15(17)21-8-19-4)20-7-16(13,2)18/h6,10,12,18H,5,7-8H2,1-4H3/t10-,12-,16?,17-/m1/s1. The minimum Gasteiger partial charge on any atom is -0.486 e. The predicted molar refractivity (Wildman–Crippen MR) is 77.0 cm³/mol. The lowest BCUT2D eigenvalue weighted by Crippen LogP contribution is -2.32. The zero-order chi connectivity index (χ0) is 15.0. The van der Waals surface area contributed by atoms with E-state index in [1.807, 2.05) is 0 Å². The van der Waals surface area contributed by atoms with Gasteiger partial charge in [-0.15, -0.1) is 0 Å². The van der Waals surface area contributed by atoms with Crippen LogP contribution >= 0.6 is 0 Å². The molecule has 3 aliphatic carbocycles. The molecule has 1 N–H and O–H groups in total. The number of methoxy groups -OCH3 is 1. The topological polar surface area (TPSA) is 47.9 Å². The van der Waals surface area contributed by atoms with Gasteiger partial charge in [0.1, 0.15) is 12.2 Å². The van der Waals surface area contributed by atoms with Gasteiger partial charge < -0.3 is 19.3 Å². The lowest BCUT2D eigenvalue weighted by atomic mass is 9.71. The van der Waals surface area contributed by atoms with Crippen molar-refractivity contribution in [1.29, 1.82) is 0 Å². The number of aliphatic hydroxyl groups is 1. The fraction of sp³-hybridized carbons (Fsp3) is 0.647. The van der Waals surface area contributed by atoms with Crippen molar-refractivity contribution in [2.24, 2.45) is 17.3 Å². The van der Waals surface area contributed by atoms with E-state index < -0.39 is 5.60 Å². The summed E-state index contributed by atoms with van der Waals surface area (Å²) in [5.74, 6) is 2.83. The molecule has 0 amide bonds. The van der Waals surface area contributed by atoms with Gasteiger partial charge in [0.15, 0.2) is 18.3 Å². The monoisotopic (exact) mass is 290 g/mol. The molecule has 0 bridgehead atoms. The first-order valence-electron chi connectivity index (χ1n) is 7.56. The number of ether oxygens (including phenoxy) is 3. The number of allylic oxidation sites excluding steroid dienone is 3. The third-order valence-corrected chi connectivity index (χ3v) is 5.68. The summed E-state index contributed by atoms with van der Waals surface area (Å²) in [4.78, 5) is 0. The summed E-state index contributed by atoms with van der Waals surface area (Å²) >= 11 is 0. The minimum absolute atomic E-state index is 0.132. The van der Waals surface area contributed by atoms with Gasteiger partial charge in [0.2, 0.25) is 0 Å². The van der Waals surface area contributed by atoms with E-state index in [9.17, 15) is 5.11 Å². The Kier molecular flexibility index (Phi) is 2.51. The second-order valence-electron chi connectivity index (χ2n) is 7.08. The summed E-state index contributed by atoms with van der Waals surface area (Å²) in [5, 5.41) is 10.6. The Bertz CT molecular complexity index is 610. The SMILES string of the molecule is COCOC1=C2OCC(C)(O)C2=CC2=C(C)[C@H]3C[C@H]3[C@@]21C. The maximum absolute atomic E-state index is 10.6. The Hall–Kier alpha value is -1.26. The maximum Gasteiger partial charge on any atom is 0.188 e. The van der Waals surface area contributed by atoms with Crippen molar-refractivity contribution in [2.45, 2.75) is 32.8 Å².